The van der Waals surface area contributed by atoms with Crippen LogP contribution in [0.25, 0.3) is 11.3 Å². The summed E-state index contributed by atoms with van der Waals surface area (Å²) in [5.74, 6) is 0.639. The molecule has 0 bridgehead atoms. The van der Waals surface area contributed by atoms with Gasteiger partial charge in [0, 0.05) is 43.1 Å². The average molecular weight is 442 g/mol. The van der Waals surface area contributed by atoms with Crippen LogP contribution in [0, 0.1) is 6.92 Å². The summed E-state index contributed by atoms with van der Waals surface area (Å²) >= 11 is 5.89. The Hall–Kier alpha value is -2.71. The van der Waals surface area contributed by atoms with E-state index < -0.39 is 0 Å². The van der Waals surface area contributed by atoms with E-state index in [1.807, 2.05) is 13.0 Å². The minimum absolute atomic E-state index is 0.0532. The number of ether oxygens (including phenoxy) is 1. The van der Waals surface area contributed by atoms with Crippen molar-refractivity contribution in [2.45, 2.75) is 44.8 Å². The van der Waals surface area contributed by atoms with Crippen molar-refractivity contribution in [3.05, 3.63) is 57.4 Å². The number of rotatable bonds is 4. The van der Waals surface area contributed by atoms with Crippen LogP contribution in [-0.2, 0) is 11.3 Å². The van der Waals surface area contributed by atoms with Gasteiger partial charge in [-0.2, -0.15) is 5.10 Å². The van der Waals surface area contributed by atoms with Gasteiger partial charge in [0.1, 0.15) is 16.6 Å². The second-order valence-corrected chi connectivity index (χ2v) is 8.65. The highest BCUT2D eigenvalue weighted by Gasteiger charge is 2.38. The van der Waals surface area contributed by atoms with Crippen LogP contribution in [0.5, 0.6) is 0 Å². The van der Waals surface area contributed by atoms with Crippen LogP contribution in [0.3, 0.4) is 0 Å². The summed E-state index contributed by atoms with van der Waals surface area (Å²) in [6.45, 7) is 4.72. The van der Waals surface area contributed by atoms with Crippen molar-refractivity contribution in [2.75, 3.05) is 24.6 Å². The quantitative estimate of drug-likeness (QED) is 0.573. The zero-order valence-electron chi connectivity index (χ0n) is 17.4. The summed E-state index contributed by atoms with van der Waals surface area (Å²) in [6.07, 6.45) is 7.68. The number of nitrogens with zero attached hydrogens (tertiary/aromatic N) is 5. The van der Waals surface area contributed by atoms with Crippen LogP contribution in [0.2, 0.25) is 5.15 Å². The van der Waals surface area contributed by atoms with E-state index in [0.717, 1.165) is 62.2 Å². The smallest absolute Gasteiger partial charge is 0.269 e. The zero-order valence-corrected chi connectivity index (χ0v) is 18.1. The summed E-state index contributed by atoms with van der Waals surface area (Å²) in [4.78, 5) is 19.2. The lowest BCUT2D eigenvalue weighted by Gasteiger charge is -2.39. The number of pyridine rings is 1. The Balaban J connectivity index is 1.34. The summed E-state index contributed by atoms with van der Waals surface area (Å²) < 4.78 is 12.8. The Morgan fingerprint density at radius 2 is 2.03 bits per heavy atom. The third kappa shape index (κ3) is 3.97. The van der Waals surface area contributed by atoms with Crippen molar-refractivity contribution in [3.8, 4) is 11.3 Å². The first-order chi connectivity index (χ1) is 15.0. The zero-order chi connectivity index (χ0) is 21.4. The highest BCUT2D eigenvalue weighted by molar-refractivity contribution is 6.29. The van der Waals surface area contributed by atoms with E-state index >= 15 is 0 Å². The van der Waals surface area contributed by atoms with Gasteiger partial charge >= 0.3 is 0 Å². The largest absolute Gasteiger partial charge is 0.375 e. The van der Waals surface area contributed by atoms with E-state index in [2.05, 4.69) is 20.1 Å². The molecule has 0 amide bonds. The van der Waals surface area contributed by atoms with Gasteiger partial charge in [-0.1, -0.05) is 16.8 Å². The average Bonchev–Trinajstić information content (AvgIpc) is 3.38. The molecule has 8 nitrogen and oxygen atoms in total. The molecule has 0 atom stereocenters. The van der Waals surface area contributed by atoms with Crippen molar-refractivity contribution in [3.63, 3.8) is 0 Å². The molecule has 0 aromatic carbocycles. The minimum Gasteiger partial charge on any atom is -0.375 e. The first-order valence-electron chi connectivity index (χ1n) is 10.6. The molecule has 5 rings (SSSR count). The van der Waals surface area contributed by atoms with Crippen LogP contribution in [-0.4, -0.2) is 45.2 Å². The monoisotopic (exact) mass is 441 g/mol. The Kier molecular flexibility index (Phi) is 5.27. The third-order valence-corrected chi connectivity index (χ3v) is 6.60. The maximum absolute atomic E-state index is 12.8. The highest BCUT2D eigenvalue weighted by atomic mass is 35.5. The van der Waals surface area contributed by atoms with Gasteiger partial charge < -0.3 is 14.2 Å². The van der Waals surface area contributed by atoms with Crippen molar-refractivity contribution in [2.24, 2.45) is 0 Å². The van der Waals surface area contributed by atoms with E-state index in [1.54, 1.807) is 24.5 Å². The van der Waals surface area contributed by atoms with Gasteiger partial charge in [0.15, 0.2) is 0 Å². The molecule has 31 heavy (non-hydrogen) atoms. The molecule has 162 valence electrons. The molecule has 2 aliphatic rings. The predicted molar refractivity (Wildman–Crippen MR) is 116 cm³/mol. The van der Waals surface area contributed by atoms with Gasteiger partial charge in [0.25, 0.3) is 5.56 Å². The standard InChI is InChI=1S/C22H24ClN5O3/c1-15-18(21(26-31-15)16-3-4-19(23)24-12-16)14-28-20(29)11-17(13-25-28)27-8-6-22(7-9-27)5-2-10-30-22/h3-4,11-13H,2,5-10,14H2,1H3. The molecule has 1 spiro atoms. The van der Waals surface area contributed by atoms with E-state index in [9.17, 15) is 4.79 Å². The first-order valence-corrected chi connectivity index (χ1v) is 10.9. The predicted octanol–water partition coefficient (Wildman–Crippen LogP) is 3.45. The van der Waals surface area contributed by atoms with Gasteiger partial charge in [0.05, 0.1) is 24.0 Å². The van der Waals surface area contributed by atoms with Gasteiger partial charge in [-0.05, 0) is 44.7 Å². The molecule has 5 heterocycles. The van der Waals surface area contributed by atoms with Gasteiger partial charge in [0.2, 0.25) is 0 Å². The Bertz CT molecular complexity index is 1120. The van der Waals surface area contributed by atoms with Gasteiger partial charge in [-0.25, -0.2) is 9.67 Å². The van der Waals surface area contributed by atoms with Crippen LogP contribution >= 0.6 is 11.6 Å². The molecule has 0 unspecified atom stereocenters. The molecule has 0 aliphatic carbocycles. The number of halogens is 1. The number of aromatic nitrogens is 4. The Morgan fingerprint density at radius 1 is 1.19 bits per heavy atom. The van der Waals surface area contributed by atoms with Crippen LogP contribution in [0.15, 0.2) is 39.9 Å². The number of piperidine rings is 1. The fourth-order valence-corrected chi connectivity index (χ4v) is 4.62. The van der Waals surface area contributed by atoms with Gasteiger partial charge in [-0.3, -0.25) is 4.79 Å². The van der Waals surface area contributed by atoms with Crippen molar-refractivity contribution >= 4 is 17.3 Å². The summed E-state index contributed by atoms with van der Waals surface area (Å²) in [5, 5.41) is 8.98. The first kappa shape index (κ1) is 20.2. The molecule has 9 heteroatoms. The maximum Gasteiger partial charge on any atom is 0.269 e. The topological polar surface area (TPSA) is 86.3 Å². The Labute approximate surface area is 184 Å². The molecule has 3 aromatic heterocycles. The van der Waals surface area contributed by atoms with Crippen LogP contribution in [0.4, 0.5) is 5.69 Å². The second kappa shape index (κ2) is 8.09. The summed E-state index contributed by atoms with van der Waals surface area (Å²) in [5.41, 5.74) is 2.96. The van der Waals surface area contributed by atoms with Crippen molar-refractivity contribution in [1.82, 2.24) is 19.9 Å². The van der Waals surface area contributed by atoms with Crippen LogP contribution < -0.4 is 10.5 Å². The number of hydrogen-bond acceptors (Lipinski definition) is 7. The summed E-state index contributed by atoms with van der Waals surface area (Å²) in [6, 6.07) is 5.18. The van der Waals surface area contributed by atoms with E-state index in [1.165, 1.54) is 4.68 Å². The lowest BCUT2D eigenvalue weighted by atomic mass is 9.88. The highest BCUT2D eigenvalue weighted by Crippen LogP contribution is 2.36. The van der Waals surface area contributed by atoms with Crippen LogP contribution in [0.1, 0.15) is 37.0 Å². The van der Waals surface area contributed by atoms with E-state index in [-0.39, 0.29) is 17.7 Å². The molecule has 2 saturated heterocycles. The lowest BCUT2D eigenvalue weighted by molar-refractivity contribution is -0.0146. The molecule has 0 N–H and O–H groups in total. The maximum atomic E-state index is 12.8. The molecule has 2 fully saturated rings. The molecule has 3 aromatic rings. The Morgan fingerprint density at radius 3 is 2.71 bits per heavy atom. The molecular formula is C22H24ClN5O3. The fraction of sp³-hybridized carbons (Fsp3) is 0.455. The SMILES string of the molecule is Cc1onc(-c2ccc(Cl)nc2)c1Cn1ncc(N2CCC3(CCCO3)CC2)cc1=O. The lowest BCUT2D eigenvalue weighted by Crippen LogP contribution is -2.44. The van der Waals surface area contributed by atoms with Crippen molar-refractivity contribution in [1.29, 1.82) is 0 Å². The molecule has 2 aliphatic heterocycles. The number of hydrogen-bond donors (Lipinski definition) is 0. The van der Waals surface area contributed by atoms with Crippen molar-refractivity contribution < 1.29 is 9.26 Å². The molecule has 0 radical (unpaired) electrons. The van der Waals surface area contributed by atoms with E-state index in [0.29, 0.717) is 16.6 Å². The van der Waals surface area contributed by atoms with Gasteiger partial charge in [-0.15, -0.1) is 0 Å². The fourth-order valence-electron chi connectivity index (χ4n) is 4.51. The summed E-state index contributed by atoms with van der Waals surface area (Å²) in [7, 11) is 0. The van der Waals surface area contributed by atoms with E-state index in [4.69, 9.17) is 20.9 Å². The minimum atomic E-state index is -0.157. The third-order valence-electron chi connectivity index (χ3n) is 6.37. The normalized spacial score (nSPS) is 18.1. The number of aryl methyl sites for hydroxylation is 1. The second-order valence-electron chi connectivity index (χ2n) is 8.27. The molecule has 0 saturated carbocycles. The number of anilines is 1. The molecular weight excluding hydrogens is 418 g/mol.